The van der Waals surface area contributed by atoms with Crippen LogP contribution in [0.15, 0.2) is 60.9 Å². The van der Waals surface area contributed by atoms with E-state index >= 15 is 0 Å². The highest BCUT2D eigenvalue weighted by Crippen LogP contribution is 2.19. The number of hydrogen-bond donors (Lipinski definition) is 2. The number of nitrogens with zero attached hydrogens (tertiary/aromatic N) is 2. The first-order valence-electron chi connectivity index (χ1n) is 9.41. The van der Waals surface area contributed by atoms with Gasteiger partial charge >= 0.3 is 0 Å². The number of ether oxygens (including phenoxy) is 1. The van der Waals surface area contributed by atoms with Crippen molar-refractivity contribution >= 4 is 11.8 Å². The van der Waals surface area contributed by atoms with Crippen LogP contribution >= 0.6 is 0 Å². The Morgan fingerprint density at radius 3 is 2.76 bits per heavy atom. The van der Waals surface area contributed by atoms with Gasteiger partial charge < -0.3 is 20.4 Å². The summed E-state index contributed by atoms with van der Waals surface area (Å²) in [5.74, 6) is 0.706. The van der Waals surface area contributed by atoms with E-state index in [9.17, 15) is 9.59 Å². The van der Waals surface area contributed by atoms with E-state index in [0.29, 0.717) is 23.4 Å². The van der Waals surface area contributed by atoms with Gasteiger partial charge in [-0.3, -0.25) is 9.59 Å². The van der Waals surface area contributed by atoms with Crippen LogP contribution in [-0.4, -0.2) is 27.9 Å². The molecule has 0 fully saturated rings. The fourth-order valence-corrected chi connectivity index (χ4v) is 2.95. The smallest absolute Gasteiger partial charge is 0.252 e. The Bertz CT molecular complexity index is 997. The normalized spacial score (nSPS) is 10.5. The fourth-order valence-electron chi connectivity index (χ4n) is 2.95. The van der Waals surface area contributed by atoms with Gasteiger partial charge in [0.15, 0.2) is 0 Å². The van der Waals surface area contributed by atoms with Crippen molar-refractivity contribution in [3.63, 3.8) is 0 Å². The first kappa shape index (κ1) is 20.1. The van der Waals surface area contributed by atoms with E-state index in [-0.39, 0.29) is 12.5 Å². The summed E-state index contributed by atoms with van der Waals surface area (Å²) in [6.07, 6.45) is 4.51. The third-order valence-electron chi connectivity index (χ3n) is 4.52. The van der Waals surface area contributed by atoms with Gasteiger partial charge in [0.2, 0.25) is 0 Å². The van der Waals surface area contributed by atoms with Gasteiger partial charge in [-0.05, 0) is 43.2 Å². The third kappa shape index (κ3) is 5.44. The van der Waals surface area contributed by atoms with Crippen molar-refractivity contribution in [1.82, 2.24) is 14.9 Å². The van der Waals surface area contributed by atoms with Crippen LogP contribution in [0, 0.1) is 6.92 Å². The molecule has 0 saturated carbocycles. The number of carbonyl (C=O) groups is 2. The quantitative estimate of drug-likeness (QED) is 0.547. The number of benzene rings is 2. The molecule has 2 amide bonds. The topological polar surface area (TPSA) is 99.2 Å². The maximum atomic E-state index is 12.4. The molecule has 0 aliphatic carbocycles. The Morgan fingerprint density at radius 2 is 2.00 bits per heavy atom. The standard InChI is InChI=1S/C22H24N4O3/c1-16-24-11-13-26(16)12-5-10-25-22(28)18-7-4-6-17(14-18)15-29-20-9-3-2-8-19(20)21(23)27/h2-4,6-9,11,13-14H,5,10,12,15H2,1H3,(H2,23,27)(H,25,28). The summed E-state index contributed by atoms with van der Waals surface area (Å²) in [6.45, 7) is 3.56. The van der Waals surface area contributed by atoms with Gasteiger partial charge in [0.25, 0.3) is 11.8 Å². The summed E-state index contributed by atoms with van der Waals surface area (Å²) in [5.41, 5.74) is 7.08. The molecule has 7 heteroatoms. The molecule has 3 rings (SSSR count). The Hall–Kier alpha value is -3.61. The van der Waals surface area contributed by atoms with Crippen molar-refractivity contribution in [2.75, 3.05) is 6.54 Å². The molecule has 150 valence electrons. The van der Waals surface area contributed by atoms with Gasteiger partial charge in [0.05, 0.1) is 5.56 Å². The van der Waals surface area contributed by atoms with Crippen LogP contribution in [-0.2, 0) is 13.2 Å². The average Bonchev–Trinajstić information content (AvgIpc) is 3.14. The summed E-state index contributed by atoms with van der Waals surface area (Å²) in [6, 6.07) is 14.0. The minimum absolute atomic E-state index is 0.133. The Labute approximate surface area is 169 Å². The summed E-state index contributed by atoms with van der Waals surface area (Å²) >= 11 is 0. The molecule has 2 aromatic carbocycles. The lowest BCUT2D eigenvalue weighted by molar-refractivity contribution is 0.0951. The van der Waals surface area contributed by atoms with Crippen LogP contribution in [0.4, 0.5) is 0 Å². The number of hydrogen-bond acceptors (Lipinski definition) is 4. The Kier molecular flexibility index (Phi) is 6.63. The number of aryl methyl sites for hydroxylation is 2. The van der Waals surface area contributed by atoms with Crippen LogP contribution in [0.5, 0.6) is 5.75 Å². The third-order valence-corrected chi connectivity index (χ3v) is 4.52. The van der Waals surface area contributed by atoms with E-state index in [1.54, 1.807) is 42.6 Å². The zero-order valence-corrected chi connectivity index (χ0v) is 16.3. The largest absolute Gasteiger partial charge is 0.488 e. The van der Waals surface area contributed by atoms with Crippen LogP contribution in [0.25, 0.3) is 0 Å². The fraction of sp³-hybridized carbons (Fsp3) is 0.227. The van der Waals surface area contributed by atoms with Crippen LogP contribution < -0.4 is 15.8 Å². The number of aromatic nitrogens is 2. The molecule has 29 heavy (non-hydrogen) atoms. The molecule has 0 aliphatic heterocycles. The number of primary amides is 1. The van der Waals surface area contributed by atoms with Gasteiger partial charge in [-0.1, -0.05) is 24.3 Å². The molecule has 0 bridgehead atoms. The summed E-state index contributed by atoms with van der Waals surface area (Å²) in [7, 11) is 0. The molecule has 0 radical (unpaired) electrons. The maximum absolute atomic E-state index is 12.4. The molecule has 0 spiro atoms. The van der Waals surface area contributed by atoms with Crippen molar-refractivity contribution in [1.29, 1.82) is 0 Å². The molecule has 1 heterocycles. The number of para-hydroxylation sites is 1. The molecule has 0 saturated heterocycles. The predicted octanol–water partition coefficient (Wildman–Crippen LogP) is 2.69. The van der Waals surface area contributed by atoms with E-state index < -0.39 is 5.91 Å². The number of nitrogens with two attached hydrogens (primary N) is 1. The molecular weight excluding hydrogens is 368 g/mol. The van der Waals surface area contributed by atoms with E-state index in [2.05, 4.69) is 10.3 Å². The second-order valence-corrected chi connectivity index (χ2v) is 6.63. The molecule has 7 nitrogen and oxygen atoms in total. The van der Waals surface area contributed by atoms with Crippen molar-refractivity contribution < 1.29 is 14.3 Å². The lowest BCUT2D eigenvalue weighted by atomic mass is 10.1. The molecule has 0 unspecified atom stereocenters. The summed E-state index contributed by atoms with van der Waals surface area (Å²) < 4.78 is 7.78. The lowest BCUT2D eigenvalue weighted by Gasteiger charge is -2.11. The average molecular weight is 392 g/mol. The van der Waals surface area contributed by atoms with Gasteiger partial charge in [-0.15, -0.1) is 0 Å². The first-order valence-corrected chi connectivity index (χ1v) is 9.41. The van der Waals surface area contributed by atoms with Crippen molar-refractivity contribution in [3.8, 4) is 5.75 Å². The zero-order chi connectivity index (χ0) is 20.6. The molecular formula is C22H24N4O3. The molecule has 3 aromatic rings. The minimum atomic E-state index is -0.542. The highest BCUT2D eigenvalue weighted by molar-refractivity contribution is 5.95. The summed E-state index contributed by atoms with van der Waals surface area (Å²) in [4.78, 5) is 28.1. The van der Waals surface area contributed by atoms with Crippen LogP contribution in [0.3, 0.4) is 0 Å². The van der Waals surface area contributed by atoms with E-state index in [4.69, 9.17) is 10.5 Å². The Morgan fingerprint density at radius 1 is 1.17 bits per heavy atom. The number of imidazole rings is 1. The van der Waals surface area contributed by atoms with Gasteiger partial charge in [0, 0.05) is 31.0 Å². The zero-order valence-electron chi connectivity index (χ0n) is 16.3. The SMILES string of the molecule is Cc1nccn1CCCNC(=O)c1cccc(COc2ccccc2C(N)=O)c1. The van der Waals surface area contributed by atoms with E-state index in [1.165, 1.54) is 0 Å². The second kappa shape index (κ2) is 9.54. The molecule has 0 atom stereocenters. The predicted molar refractivity (Wildman–Crippen MR) is 110 cm³/mol. The van der Waals surface area contributed by atoms with Crippen molar-refractivity contribution in [2.45, 2.75) is 26.5 Å². The Balaban J connectivity index is 1.53. The molecule has 1 aromatic heterocycles. The first-order chi connectivity index (χ1) is 14.0. The number of nitrogens with one attached hydrogen (secondary N) is 1. The van der Waals surface area contributed by atoms with Crippen LogP contribution in [0.1, 0.15) is 38.5 Å². The van der Waals surface area contributed by atoms with Gasteiger partial charge in [-0.25, -0.2) is 4.98 Å². The van der Waals surface area contributed by atoms with Crippen LogP contribution in [0.2, 0.25) is 0 Å². The number of amides is 2. The number of carbonyl (C=O) groups excluding carboxylic acids is 2. The van der Waals surface area contributed by atoms with Gasteiger partial charge in [0.1, 0.15) is 18.2 Å². The summed E-state index contributed by atoms with van der Waals surface area (Å²) in [5, 5.41) is 2.93. The minimum Gasteiger partial charge on any atom is -0.488 e. The van der Waals surface area contributed by atoms with Crippen molar-refractivity contribution in [3.05, 3.63) is 83.4 Å². The highest BCUT2D eigenvalue weighted by Gasteiger charge is 2.10. The molecule has 3 N–H and O–H groups in total. The van der Waals surface area contributed by atoms with Crippen molar-refractivity contribution in [2.24, 2.45) is 5.73 Å². The lowest BCUT2D eigenvalue weighted by Crippen LogP contribution is -2.25. The maximum Gasteiger partial charge on any atom is 0.252 e. The highest BCUT2D eigenvalue weighted by atomic mass is 16.5. The monoisotopic (exact) mass is 392 g/mol. The second-order valence-electron chi connectivity index (χ2n) is 6.63. The molecule has 0 aliphatic rings. The van der Waals surface area contributed by atoms with E-state index in [1.807, 2.05) is 29.8 Å². The number of rotatable bonds is 9. The van der Waals surface area contributed by atoms with Gasteiger partial charge in [-0.2, -0.15) is 0 Å². The van der Waals surface area contributed by atoms with E-state index in [0.717, 1.165) is 24.4 Å².